The Morgan fingerprint density at radius 3 is 2.68 bits per heavy atom. The third kappa shape index (κ3) is 4.81. The van der Waals surface area contributed by atoms with E-state index in [9.17, 15) is 4.39 Å². The lowest BCUT2D eigenvalue weighted by Gasteiger charge is -2.31. The molecule has 0 spiro atoms. The number of piperidine rings is 1. The van der Waals surface area contributed by atoms with Gasteiger partial charge in [-0.3, -0.25) is 4.90 Å². The van der Waals surface area contributed by atoms with Gasteiger partial charge in [0.05, 0.1) is 12.7 Å². The minimum Gasteiger partial charge on any atom is -0.377 e. The van der Waals surface area contributed by atoms with Crippen LogP contribution in [0.1, 0.15) is 18.4 Å². The minimum atomic E-state index is -0.132. The second-order valence-electron chi connectivity index (χ2n) is 4.77. The summed E-state index contributed by atoms with van der Waals surface area (Å²) in [5.74, 6) is -0.132. The number of ether oxygens (including phenoxy) is 1. The molecule has 0 amide bonds. The van der Waals surface area contributed by atoms with Crippen molar-refractivity contribution in [1.29, 1.82) is 0 Å². The average molecular weight is 395 g/mol. The quantitative estimate of drug-likeness (QED) is 0.700. The Balaban J connectivity index is 1.82. The van der Waals surface area contributed by atoms with Gasteiger partial charge < -0.3 is 4.74 Å². The van der Waals surface area contributed by atoms with Gasteiger partial charge in [-0.05, 0) is 25.0 Å². The molecule has 1 aliphatic rings. The second kappa shape index (κ2) is 7.72. The van der Waals surface area contributed by atoms with E-state index < -0.39 is 0 Å². The molecule has 0 aliphatic carbocycles. The van der Waals surface area contributed by atoms with Crippen LogP contribution in [0.2, 0.25) is 0 Å². The first-order chi connectivity index (χ1) is 9.19. The van der Waals surface area contributed by atoms with Crippen molar-refractivity contribution in [2.75, 3.05) is 25.0 Å². The summed E-state index contributed by atoms with van der Waals surface area (Å²) < 4.78 is 20.3. The van der Waals surface area contributed by atoms with Crippen LogP contribution in [0.4, 0.5) is 4.39 Å². The zero-order chi connectivity index (χ0) is 13.7. The van der Waals surface area contributed by atoms with Crippen molar-refractivity contribution in [2.45, 2.75) is 25.5 Å². The molecule has 1 heterocycles. The molecule has 106 valence electrons. The standard InChI is InChI=1S/C14H18Br2FNO/c15-5-8-19-13-3-6-18(7-4-13)10-11-1-2-12(16)9-14(11)17/h1-2,9,13H,3-8,10H2. The predicted molar refractivity (Wildman–Crippen MR) is 82.1 cm³/mol. The Morgan fingerprint density at radius 2 is 2.05 bits per heavy atom. The summed E-state index contributed by atoms with van der Waals surface area (Å²) in [7, 11) is 0. The van der Waals surface area contributed by atoms with E-state index in [0.29, 0.717) is 12.6 Å². The van der Waals surface area contributed by atoms with Gasteiger partial charge >= 0.3 is 0 Å². The van der Waals surface area contributed by atoms with Crippen LogP contribution in [0.25, 0.3) is 0 Å². The summed E-state index contributed by atoms with van der Waals surface area (Å²) >= 11 is 6.64. The maximum atomic E-state index is 13.8. The highest BCUT2D eigenvalue weighted by atomic mass is 79.9. The average Bonchev–Trinajstić information content (AvgIpc) is 2.41. The van der Waals surface area contributed by atoms with Crippen molar-refractivity contribution in [2.24, 2.45) is 0 Å². The molecule has 0 radical (unpaired) electrons. The Kier molecular flexibility index (Phi) is 6.26. The molecular formula is C14H18Br2FNO. The van der Waals surface area contributed by atoms with Gasteiger partial charge in [-0.2, -0.15) is 0 Å². The largest absolute Gasteiger partial charge is 0.377 e. The number of nitrogens with zero attached hydrogens (tertiary/aromatic N) is 1. The highest BCUT2D eigenvalue weighted by Gasteiger charge is 2.20. The van der Waals surface area contributed by atoms with E-state index in [1.807, 2.05) is 12.1 Å². The number of alkyl halides is 1. The van der Waals surface area contributed by atoms with E-state index in [-0.39, 0.29) is 5.82 Å². The lowest BCUT2D eigenvalue weighted by Crippen LogP contribution is -2.37. The van der Waals surface area contributed by atoms with E-state index in [1.54, 1.807) is 0 Å². The van der Waals surface area contributed by atoms with Gasteiger partial charge in [0.1, 0.15) is 5.82 Å². The summed E-state index contributed by atoms with van der Waals surface area (Å²) in [6.45, 7) is 3.40. The predicted octanol–water partition coefficient (Wildman–Crippen LogP) is 3.96. The SMILES string of the molecule is Fc1cc(Br)ccc1CN1CCC(OCCBr)CC1. The van der Waals surface area contributed by atoms with Crippen molar-refractivity contribution in [3.05, 3.63) is 34.1 Å². The second-order valence-corrected chi connectivity index (χ2v) is 6.48. The molecule has 1 saturated heterocycles. The third-order valence-electron chi connectivity index (χ3n) is 3.37. The van der Waals surface area contributed by atoms with Gasteiger partial charge in [0, 0.05) is 35.0 Å². The van der Waals surface area contributed by atoms with Crippen molar-refractivity contribution < 1.29 is 9.13 Å². The molecule has 0 N–H and O–H groups in total. The number of rotatable bonds is 5. The van der Waals surface area contributed by atoms with Crippen molar-refractivity contribution >= 4 is 31.9 Å². The third-order valence-corrected chi connectivity index (χ3v) is 4.19. The maximum Gasteiger partial charge on any atom is 0.128 e. The van der Waals surface area contributed by atoms with Crippen LogP contribution in [0.3, 0.4) is 0 Å². The van der Waals surface area contributed by atoms with Gasteiger partial charge in [0.15, 0.2) is 0 Å². The topological polar surface area (TPSA) is 12.5 Å². The van der Waals surface area contributed by atoms with Gasteiger partial charge in [-0.15, -0.1) is 0 Å². The first-order valence-electron chi connectivity index (χ1n) is 6.53. The fourth-order valence-corrected chi connectivity index (χ4v) is 2.86. The Bertz CT molecular complexity index is 408. The van der Waals surface area contributed by atoms with Crippen LogP contribution >= 0.6 is 31.9 Å². The summed E-state index contributed by atoms with van der Waals surface area (Å²) in [5.41, 5.74) is 0.767. The van der Waals surface area contributed by atoms with Crippen LogP contribution in [0.15, 0.2) is 22.7 Å². The monoisotopic (exact) mass is 393 g/mol. The number of hydrogen-bond donors (Lipinski definition) is 0. The fraction of sp³-hybridized carbons (Fsp3) is 0.571. The zero-order valence-corrected chi connectivity index (χ0v) is 13.9. The van der Waals surface area contributed by atoms with Crippen molar-refractivity contribution in [3.8, 4) is 0 Å². The van der Waals surface area contributed by atoms with Crippen molar-refractivity contribution in [3.63, 3.8) is 0 Å². The molecule has 2 rings (SSSR count). The summed E-state index contributed by atoms with van der Waals surface area (Å²) in [5, 5.41) is 0.886. The molecule has 1 aromatic carbocycles. The van der Waals surface area contributed by atoms with E-state index in [0.717, 1.165) is 47.9 Å². The van der Waals surface area contributed by atoms with Gasteiger partial charge in [0.2, 0.25) is 0 Å². The molecule has 1 aromatic rings. The molecule has 0 saturated carbocycles. The van der Waals surface area contributed by atoms with Gasteiger partial charge in [0.25, 0.3) is 0 Å². The lowest BCUT2D eigenvalue weighted by molar-refractivity contribution is 0.0139. The van der Waals surface area contributed by atoms with E-state index >= 15 is 0 Å². The normalized spacial score (nSPS) is 17.8. The minimum absolute atomic E-state index is 0.132. The van der Waals surface area contributed by atoms with Crippen molar-refractivity contribution in [1.82, 2.24) is 4.90 Å². The Morgan fingerprint density at radius 1 is 1.32 bits per heavy atom. The van der Waals surface area contributed by atoms with Crippen LogP contribution in [0.5, 0.6) is 0 Å². The highest BCUT2D eigenvalue weighted by Crippen LogP contribution is 2.20. The lowest BCUT2D eigenvalue weighted by atomic mass is 10.1. The molecule has 0 bridgehead atoms. The van der Waals surface area contributed by atoms with Crippen LogP contribution in [-0.2, 0) is 11.3 Å². The van der Waals surface area contributed by atoms with E-state index in [1.165, 1.54) is 6.07 Å². The molecule has 5 heteroatoms. The molecule has 0 atom stereocenters. The summed E-state index contributed by atoms with van der Waals surface area (Å²) in [4.78, 5) is 2.29. The highest BCUT2D eigenvalue weighted by molar-refractivity contribution is 9.10. The fourth-order valence-electron chi connectivity index (χ4n) is 2.34. The van der Waals surface area contributed by atoms with Crippen LogP contribution < -0.4 is 0 Å². The molecule has 0 aromatic heterocycles. The summed E-state index contributed by atoms with van der Waals surface area (Å²) in [6.07, 6.45) is 2.43. The molecule has 19 heavy (non-hydrogen) atoms. The molecule has 2 nitrogen and oxygen atoms in total. The first-order valence-corrected chi connectivity index (χ1v) is 8.44. The van der Waals surface area contributed by atoms with E-state index in [4.69, 9.17) is 4.74 Å². The summed E-state index contributed by atoms with van der Waals surface area (Å²) in [6, 6.07) is 5.28. The molecule has 0 unspecified atom stereocenters. The van der Waals surface area contributed by atoms with Gasteiger partial charge in [-0.25, -0.2) is 4.39 Å². The van der Waals surface area contributed by atoms with Gasteiger partial charge in [-0.1, -0.05) is 37.9 Å². The van der Waals surface area contributed by atoms with Crippen LogP contribution in [-0.4, -0.2) is 36.0 Å². The maximum absolute atomic E-state index is 13.8. The molecular weight excluding hydrogens is 377 g/mol. The molecule has 1 fully saturated rings. The number of likely N-dealkylation sites (tertiary alicyclic amines) is 1. The number of hydrogen-bond acceptors (Lipinski definition) is 2. The first kappa shape index (κ1) is 15.4. The smallest absolute Gasteiger partial charge is 0.128 e. The van der Waals surface area contributed by atoms with E-state index in [2.05, 4.69) is 36.8 Å². The Labute approximate surface area is 130 Å². The van der Waals surface area contributed by atoms with Crippen LogP contribution in [0, 0.1) is 5.82 Å². The molecule has 1 aliphatic heterocycles. The zero-order valence-electron chi connectivity index (χ0n) is 10.7. The number of benzene rings is 1. The number of halogens is 3. The Hall–Kier alpha value is 0.0300.